The Morgan fingerprint density at radius 1 is 1.22 bits per heavy atom. The van der Waals surface area contributed by atoms with Crippen molar-refractivity contribution in [3.05, 3.63) is 55.3 Å². The van der Waals surface area contributed by atoms with E-state index in [4.69, 9.17) is 4.42 Å². The highest BCUT2D eigenvalue weighted by molar-refractivity contribution is 7.89. The van der Waals surface area contributed by atoms with Gasteiger partial charge in [0.1, 0.15) is 5.76 Å². The van der Waals surface area contributed by atoms with Crippen LogP contribution < -0.4 is 4.72 Å². The molecule has 0 spiro atoms. The van der Waals surface area contributed by atoms with Crippen molar-refractivity contribution in [2.75, 3.05) is 6.54 Å². The lowest BCUT2D eigenvalue weighted by Gasteiger charge is -2.05. The fourth-order valence-corrected chi connectivity index (χ4v) is 2.49. The third kappa shape index (κ3) is 2.69. The molecule has 1 aromatic heterocycles. The van der Waals surface area contributed by atoms with Gasteiger partial charge in [0.15, 0.2) is 0 Å². The summed E-state index contributed by atoms with van der Waals surface area (Å²) in [5.41, 5.74) is 0.836. The van der Waals surface area contributed by atoms with Crippen LogP contribution in [0.25, 0.3) is 11.3 Å². The fraction of sp³-hybridized carbons (Fsp3) is 0.0769. The minimum absolute atomic E-state index is 0.211. The first-order valence-corrected chi connectivity index (χ1v) is 6.86. The van der Waals surface area contributed by atoms with Crippen molar-refractivity contribution in [1.29, 1.82) is 0 Å². The van der Waals surface area contributed by atoms with Crippen LogP contribution in [0.1, 0.15) is 0 Å². The van der Waals surface area contributed by atoms with E-state index < -0.39 is 10.0 Å². The van der Waals surface area contributed by atoms with Crippen molar-refractivity contribution in [2.24, 2.45) is 0 Å². The van der Waals surface area contributed by atoms with Gasteiger partial charge in [0.25, 0.3) is 0 Å². The van der Waals surface area contributed by atoms with E-state index in [9.17, 15) is 8.42 Å². The Hall–Kier alpha value is -1.85. The van der Waals surface area contributed by atoms with Gasteiger partial charge in [0.2, 0.25) is 10.0 Å². The molecule has 0 atom stereocenters. The number of rotatable bonds is 5. The molecule has 0 aliphatic carbocycles. The Kier molecular flexibility index (Phi) is 3.64. The zero-order chi connectivity index (χ0) is 13.0. The molecule has 0 radical (unpaired) electrons. The molecule has 1 aromatic carbocycles. The van der Waals surface area contributed by atoms with Gasteiger partial charge in [-0.2, -0.15) is 0 Å². The summed E-state index contributed by atoms with van der Waals surface area (Å²) < 4.78 is 31.3. The Balaban J connectivity index is 2.25. The van der Waals surface area contributed by atoms with E-state index in [-0.39, 0.29) is 11.4 Å². The molecule has 5 heteroatoms. The molecule has 0 bridgehead atoms. The minimum Gasteiger partial charge on any atom is -0.464 e. The second-order valence-corrected chi connectivity index (χ2v) is 5.41. The van der Waals surface area contributed by atoms with E-state index in [1.165, 1.54) is 6.08 Å². The summed E-state index contributed by atoms with van der Waals surface area (Å²) in [6, 6.07) is 10.1. The number of benzene rings is 1. The summed E-state index contributed by atoms with van der Waals surface area (Å²) in [6.07, 6.45) is 3.07. The Labute approximate surface area is 106 Å². The lowest BCUT2D eigenvalue weighted by Crippen LogP contribution is -2.23. The van der Waals surface area contributed by atoms with Gasteiger partial charge >= 0.3 is 0 Å². The number of hydrogen-bond acceptors (Lipinski definition) is 3. The molecule has 4 nitrogen and oxygen atoms in total. The van der Waals surface area contributed by atoms with Crippen molar-refractivity contribution in [1.82, 2.24) is 4.72 Å². The third-order valence-electron chi connectivity index (χ3n) is 2.39. The molecule has 0 amide bonds. The van der Waals surface area contributed by atoms with Crippen molar-refractivity contribution in [3.63, 3.8) is 0 Å². The summed E-state index contributed by atoms with van der Waals surface area (Å²) in [6.45, 7) is 3.68. The molecule has 0 saturated heterocycles. The van der Waals surface area contributed by atoms with Crippen molar-refractivity contribution in [2.45, 2.75) is 4.90 Å². The highest BCUT2D eigenvalue weighted by Crippen LogP contribution is 2.21. The van der Waals surface area contributed by atoms with Gasteiger partial charge in [0.05, 0.1) is 11.2 Å². The van der Waals surface area contributed by atoms with Crippen molar-refractivity contribution in [3.8, 4) is 11.3 Å². The van der Waals surface area contributed by atoms with E-state index in [0.717, 1.165) is 5.56 Å². The predicted octanol–water partition coefficient (Wildman–Crippen LogP) is 2.41. The second kappa shape index (κ2) is 5.20. The normalized spacial score (nSPS) is 11.3. The van der Waals surface area contributed by atoms with Crippen LogP contribution in [0.5, 0.6) is 0 Å². The van der Waals surface area contributed by atoms with Crippen LogP contribution in [0.2, 0.25) is 0 Å². The lowest BCUT2D eigenvalue weighted by molar-refractivity contribution is 0.581. The van der Waals surface area contributed by atoms with Gasteiger partial charge in [-0.3, -0.25) is 0 Å². The lowest BCUT2D eigenvalue weighted by atomic mass is 10.2. The molecule has 2 rings (SSSR count). The average Bonchev–Trinajstić information content (AvgIpc) is 2.90. The molecule has 0 unspecified atom stereocenters. The maximum absolute atomic E-state index is 11.8. The van der Waals surface area contributed by atoms with E-state index in [2.05, 4.69) is 11.3 Å². The van der Waals surface area contributed by atoms with Gasteiger partial charge in [-0.05, 0) is 36.4 Å². The number of furan rings is 1. The maximum atomic E-state index is 11.8. The van der Waals surface area contributed by atoms with Crippen LogP contribution in [0.4, 0.5) is 0 Å². The van der Waals surface area contributed by atoms with E-state index in [1.807, 2.05) is 6.07 Å². The molecule has 2 aromatic rings. The zero-order valence-corrected chi connectivity index (χ0v) is 10.5. The first kappa shape index (κ1) is 12.6. The fourth-order valence-electron chi connectivity index (χ4n) is 1.49. The number of sulfonamides is 1. The number of nitrogens with one attached hydrogen (secondary N) is 1. The molecule has 1 heterocycles. The first-order chi connectivity index (χ1) is 8.63. The highest BCUT2D eigenvalue weighted by Gasteiger charge is 2.12. The van der Waals surface area contributed by atoms with Crippen LogP contribution in [-0.2, 0) is 10.0 Å². The van der Waals surface area contributed by atoms with Gasteiger partial charge in [0, 0.05) is 12.1 Å². The van der Waals surface area contributed by atoms with Crippen LogP contribution in [-0.4, -0.2) is 15.0 Å². The van der Waals surface area contributed by atoms with Crippen LogP contribution in [0.3, 0.4) is 0 Å². The van der Waals surface area contributed by atoms with Crippen LogP contribution >= 0.6 is 0 Å². The molecular formula is C13H13NO3S. The standard InChI is InChI=1S/C13H13NO3S/c1-2-9-14-18(15,16)12-7-5-11(6-8-12)13-4-3-10-17-13/h2-8,10,14H,1,9H2. The molecule has 0 aliphatic heterocycles. The van der Waals surface area contributed by atoms with E-state index in [0.29, 0.717) is 5.76 Å². The SMILES string of the molecule is C=CCNS(=O)(=O)c1ccc(-c2ccco2)cc1. The smallest absolute Gasteiger partial charge is 0.240 e. The van der Waals surface area contributed by atoms with Crippen LogP contribution in [0.15, 0.2) is 64.6 Å². The average molecular weight is 263 g/mol. The second-order valence-electron chi connectivity index (χ2n) is 3.64. The van der Waals surface area contributed by atoms with E-state index >= 15 is 0 Å². The molecule has 1 N–H and O–H groups in total. The predicted molar refractivity (Wildman–Crippen MR) is 69.5 cm³/mol. The molecule has 94 valence electrons. The van der Waals surface area contributed by atoms with Crippen molar-refractivity contribution >= 4 is 10.0 Å². The third-order valence-corrected chi connectivity index (χ3v) is 3.83. The quantitative estimate of drug-likeness (QED) is 0.843. The summed E-state index contributed by atoms with van der Waals surface area (Å²) in [5, 5.41) is 0. The summed E-state index contributed by atoms with van der Waals surface area (Å²) in [5.74, 6) is 0.706. The van der Waals surface area contributed by atoms with Gasteiger partial charge in [-0.1, -0.05) is 6.08 Å². The molecule has 0 aliphatic rings. The zero-order valence-electron chi connectivity index (χ0n) is 9.67. The topological polar surface area (TPSA) is 59.3 Å². The summed E-state index contributed by atoms with van der Waals surface area (Å²) in [7, 11) is -3.46. The van der Waals surface area contributed by atoms with Crippen LogP contribution in [0, 0.1) is 0 Å². The maximum Gasteiger partial charge on any atom is 0.240 e. The number of hydrogen-bond donors (Lipinski definition) is 1. The Morgan fingerprint density at radius 2 is 1.94 bits per heavy atom. The van der Waals surface area contributed by atoms with Gasteiger partial charge in [-0.15, -0.1) is 6.58 Å². The first-order valence-electron chi connectivity index (χ1n) is 5.38. The summed E-state index contributed by atoms with van der Waals surface area (Å²) >= 11 is 0. The van der Waals surface area contributed by atoms with Gasteiger partial charge < -0.3 is 4.42 Å². The van der Waals surface area contributed by atoms with Gasteiger partial charge in [-0.25, -0.2) is 13.1 Å². The monoisotopic (exact) mass is 263 g/mol. The van der Waals surface area contributed by atoms with Crippen molar-refractivity contribution < 1.29 is 12.8 Å². The summed E-state index contributed by atoms with van der Waals surface area (Å²) in [4.78, 5) is 0.222. The largest absolute Gasteiger partial charge is 0.464 e. The molecule has 0 fully saturated rings. The molecule has 18 heavy (non-hydrogen) atoms. The minimum atomic E-state index is -3.46. The highest BCUT2D eigenvalue weighted by atomic mass is 32.2. The van der Waals surface area contributed by atoms with E-state index in [1.54, 1.807) is 36.6 Å². The molecular weight excluding hydrogens is 250 g/mol. The molecule has 0 saturated carbocycles. The Morgan fingerprint density at radius 3 is 2.50 bits per heavy atom. The Bertz CT molecular complexity index is 613.